The second-order valence-electron chi connectivity index (χ2n) is 6.02. The number of thiophene rings is 1. The molecule has 3 saturated heterocycles. The predicted octanol–water partition coefficient (Wildman–Crippen LogP) is 3.57. The van der Waals surface area contributed by atoms with Crippen molar-refractivity contribution < 1.29 is 19.2 Å². The van der Waals surface area contributed by atoms with Crippen LogP contribution in [0.5, 0.6) is 0 Å². The molecule has 2 unspecified atom stereocenters. The van der Waals surface area contributed by atoms with Crippen LogP contribution in [0, 0.1) is 5.92 Å². The fraction of sp³-hybridized carbons (Fsp3) is 0.733. The van der Waals surface area contributed by atoms with Crippen LogP contribution in [0.4, 0.5) is 0 Å². The van der Waals surface area contributed by atoms with Crippen LogP contribution in [0.2, 0.25) is 0 Å². The molecule has 1 aromatic rings. The van der Waals surface area contributed by atoms with Crippen LogP contribution in [-0.4, -0.2) is 19.0 Å². The molecule has 0 amide bonds. The lowest BCUT2D eigenvalue weighted by Gasteiger charge is -2.49. The summed E-state index contributed by atoms with van der Waals surface area (Å²) in [4.78, 5) is 12.9. The van der Waals surface area contributed by atoms with Crippen LogP contribution < -0.4 is 0 Å². The van der Waals surface area contributed by atoms with E-state index in [-0.39, 0.29) is 6.29 Å². The van der Waals surface area contributed by atoms with Crippen LogP contribution in [0.25, 0.3) is 0 Å². The highest BCUT2D eigenvalue weighted by molar-refractivity contribution is 7.10. The van der Waals surface area contributed by atoms with Crippen molar-refractivity contribution in [3.05, 3.63) is 22.4 Å². The summed E-state index contributed by atoms with van der Waals surface area (Å²) in [6, 6.07) is 4.07. The molecule has 4 aliphatic rings. The third kappa shape index (κ3) is 1.74. The van der Waals surface area contributed by atoms with E-state index in [9.17, 15) is 0 Å². The van der Waals surface area contributed by atoms with Crippen molar-refractivity contribution in [2.75, 3.05) is 7.11 Å². The number of fused-ring (bicyclic) bond motifs is 3. The molecule has 0 radical (unpaired) electrons. The van der Waals surface area contributed by atoms with Crippen molar-refractivity contribution in [3.8, 4) is 0 Å². The first-order chi connectivity index (χ1) is 9.79. The van der Waals surface area contributed by atoms with Crippen LogP contribution in [0.15, 0.2) is 17.5 Å². The zero-order valence-corrected chi connectivity index (χ0v) is 12.5. The van der Waals surface area contributed by atoms with E-state index in [1.165, 1.54) is 12.8 Å². The van der Waals surface area contributed by atoms with Gasteiger partial charge >= 0.3 is 0 Å². The van der Waals surface area contributed by atoms with E-state index in [0.29, 0.717) is 5.92 Å². The van der Waals surface area contributed by atoms with Gasteiger partial charge in [0.2, 0.25) is 5.79 Å². The molecule has 1 spiro atoms. The highest BCUT2D eigenvalue weighted by Crippen LogP contribution is 2.55. The average molecular weight is 296 g/mol. The molecule has 1 aromatic heterocycles. The fourth-order valence-corrected chi connectivity index (χ4v) is 4.78. The predicted molar refractivity (Wildman–Crippen MR) is 74.0 cm³/mol. The van der Waals surface area contributed by atoms with E-state index in [0.717, 1.165) is 30.6 Å². The van der Waals surface area contributed by atoms with Gasteiger partial charge in [-0.15, -0.1) is 11.3 Å². The molecule has 0 N–H and O–H groups in total. The van der Waals surface area contributed by atoms with Crippen LogP contribution in [-0.2, 0) is 25.0 Å². The minimum atomic E-state index is -0.780. The van der Waals surface area contributed by atoms with Crippen molar-refractivity contribution in [1.29, 1.82) is 0 Å². The maximum atomic E-state index is 6.29. The summed E-state index contributed by atoms with van der Waals surface area (Å²) in [7, 11) is 1.71. The molecule has 5 rings (SSSR count). The summed E-state index contributed by atoms with van der Waals surface area (Å²) >= 11 is 1.64. The first-order valence-electron chi connectivity index (χ1n) is 7.40. The lowest BCUT2D eigenvalue weighted by atomic mass is 9.73. The molecule has 110 valence electrons. The Kier molecular flexibility index (Phi) is 3.16. The highest BCUT2D eigenvalue weighted by Gasteiger charge is 2.62. The van der Waals surface area contributed by atoms with Gasteiger partial charge in [-0.25, -0.2) is 4.89 Å². The average Bonchev–Trinajstić information content (AvgIpc) is 2.93. The van der Waals surface area contributed by atoms with Gasteiger partial charge in [0.25, 0.3) is 0 Å². The van der Waals surface area contributed by atoms with Gasteiger partial charge in [-0.05, 0) is 36.6 Å². The summed E-state index contributed by atoms with van der Waals surface area (Å²) in [5.41, 5.74) is -0.412. The Bertz CT molecular complexity index is 472. The van der Waals surface area contributed by atoms with Gasteiger partial charge in [0.1, 0.15) is 0 Å². The van der Waals surface area contributed by atoms with E-state index in [1.54, 1.807) is 18.4 Å². The van der Waals surface area contributed by atoms with E-state index in [1.807, 2.05) is 17.5 Å². The molecule has 4 atom stereocenters. The Labute approximate surface area is 122 Å². The maximum absolute atomic E-state index is 6.29. The Hall–Kier alpha value is -0.460. The Morgan fingerprint density at radius 2 is 2.20 bits per heavy atom. The summed E-state index contributed by atoms with van der Waals surface area (Å²) in [6.07, 6.45) is 6.10. The van der Waals surface area contributed by atoms with E-state index in [2.05, 4.69) is 0 Å². The number of rotatable bonds is 2. The largest absolute Gasteiger partial charge is 0.353 e. The molecular weight excluding hydrogens is 276 g/mol. The van der Waals surface area contributed by atoms with Gasteiger partial charge in [0.15, 0.2) is 11.9 Å². The van der Waals surface area contributed by atoms with Crippen molar-refractivity contribution in [2.45, 2.75) is 56.2 Å². The maximum Gasteiger partial charge on any atom is 0.239 e. The minimum absolute atomic E-state index is 0.342. The Balaban J connectivity index is 1.74. The van der Waals surface area contributed by atoms with Gasteiger partial charge < -0.3 is 9.47 Å². The first kappa shape index (κ1) is 13.2. The molecule has 4 nitrogen and oxygen atoms in total. The van der Waals surface area contributed by atoms with Gasteiger partial charge in [-0.1, -0.05) is 18.9 Å². The topological polar surface area (TPSA) is 36.9 Å². The lowest BCUT2D eigenvalue weighted by Crippen LogP contribution is -2.59. The molecule has 4 fully saturated rings. The van der Waals surface area contributed by atoms with Crippen LogP contribution >= 0.6 is 11.3 Å². The second kappa shape index (κ2) is 4.78. The number of ether oxygens (including phenoxy) is 2. The van der Waals surface area contributed by atoms with Gasteiger partial charge in [-0.3, -0.25) is 0 Å². The zero-order chi connectivity index (χ0) is 13.6. The van der Waals surface area contributed by atoms with Crippen molar-refractivity contribution in [3.63, 3.8) is 0 Å². The Morgan fingerprint density at radius 3 is 3.00 bits per heavy atom. The van der Waals surface area contributed by atoms with E-state index < -0.39 is 11.4 Å². The molecule has 20 heavy (non-hydrogen) atoms. The number of hydrogen-bond donors (Lipinski definition) is 0. The summed E-state index contributed by atoms with van der Waals surface area (Å²) < 4.78 is 12.0. The molecule has 2 bridgehead atoms. The minimum Gasteiger partial charge on any atom is -0.353 e. The molecule has 1 saturated carbocycles. The van der Waals surface area contributed by atoms with Crippen molar-refractivity contribution in [2.24, 2.45) is 5.92 Å². The quantitative estimate of drug-likeness (QED) is 0.782. The van der Waals surface area contributed by atoms with Gasteiger partial charge in [0, 0.05) is 13.5 Å². The van der Waals surface area contributed by atoms with E-state index in [4.69, 9.17) is 19.2 Å². The normalized spacial score (nSPS) is 44.0. The molecule has 0 aromatic carbocycles. The summed E-state index contributed by atoms with van der Waals surface area (Å²) in [5, 5.41) is 2.04. The van der Waals surface area contributed by atoms with Crippen LogP contribution in [0.3, 0.4) is 0 Å². The summed E-state index contributed by atoms with van der Waals surface area (Å²) in [5.74, 6) is -0.317. The third-order valence-corrected chi connectivity index (χ3v) is 6.02. The number of methoxy groups -OCH3 is 1. The van der Waals surface area contributed by atoms with E-state index >= 15 is 0 Å². The first-order valence-corrected chi connectivity index (χ1v) is 8.28. The monoisotopic (exact) mass is 296 g/mol. The molecule has 1 aliphatic carbocycles. The Morgan fingerprint density at radius 1 is 1.25 bits per heavy atom. The fourth-order valence-electron chi connectivity index (χ4n) is 3.96. The second-order valence-corrected chi connectivity index (χ2v) is 6.97. The smallest absolute Gasteiger partial charge is 0.239 e. The van der Waals surface area contributed by atoms with Gasteiger partial charge in [-0.2, -0.15) is 4.89 Å². The molecule has 3 aliphatic heterocycles. The zero-order valence-electron chi connectivity index (χ0n) is 11.7. The third-order valence-electron chi connectivity index (χ3n) is 5.02. The highest BCUT2D eigenvalue weighted by atomic mass is 32.1. The molecule has 4 heterocycles. The standard InChI is InChI=1S/C15H20O4S/c1-16-13-14-8-3-2-5-11(14)7-9-15(17-13,19-18-14)12-6-4-10-20-12/h4,6,10-11,13H,2-3,5,7-9H2,1H3/t11?,13?,14-,15-/m0/s1. The van der Waals surface area contributed by atoms with Crippen molar-refractivity contribution in [1.82, 2.24) is 0 Å². The SMILES string of the molecule is COC1O[C@@]2(c3cccs3)CCC3CCCC[C@]31OO2. The van der Waals surface area contributed by atoms with Crippen molar-refractivity contribution >= 4 is 11.3 Å². The number of hydrogen-bond acceptors (Lipinski definition) is 5. The molecular formula is C15H20O4S. The lowest BCUT2D eigenvalue weighted by molar-refractivity contribution is -0.558. The molecule has 5 heteroatoms. The van der Waals surface area contributed by atoms with Gasteiger partial charge in [0.05, 0.1) is 4.88 Å². The summed E-state index contributed by atoms with van der Waals surface area (Å²) in [6.45, 7) is 0. The van der Waals surface area contributed by atoms with Crippen LogP contribution in [0.1, 0.15) is 43.4 Å².